The fraction of sp³-hybridized carbons (Fsp3) is 1.00. The molecule has 2 nitrogen and oxygen atoms in total. The molecule has 0 aromatic heterocycles. The third kappa shape index (κ3) is 2.44. The maximum absolute atomic E-state index is 5.73. The molecule has 1 spiro atoms. The van der Waals surface area contributed by atoms with Crippen LogP contribution in [0.1, 0.15) is 45.4 Å². The number of nitrogens with one attached hydrogen (secondary N) is 1. The molecule has 0 heterocycles. The summed E-state index contributed by atoms with van der Waals surface area (Å²) in [6.07, 6.45) is 8.68. The van der Waals surface area contributed by atoms with Gasteiger partial charge >= 0.3 is 0 Å². The molecular formula is C11H22N2. The molecule has 0 saturated heterocycles. The molecule has 2 heteroatoms. The Kier molecular flexibility index (Phi) is 2.61. The van der Waals surface area contributed by atoms with Crippen molar-refractivity contribution in [3.05, 3.63) is 0 Å². The molecule has 0 aromatic carbocycles. The maximum atomic E-state index is 5.73. The van der Waals surface area contributed by atoms with Crippen LogP contribution < -0.4 is 11.1 Å². The Hall–Kier alpha value is -0.0800. The molecule has 0 radical (unpaired) electrons. The first-order valence-corrected chi connectivity index (χ1v) is 5.69. The Labute approximate surface area is 81.3 Å². The molecule has 2 saturated carbocycles. The molecule has 13 heavy (non-hydrogen) atoms. The molecule has 2 aliphatic rings. The van der Waals surface area contributed by atoms with Gasteiger partial charge in [-0.3, -0.25) is 0 Å². The minimum absolute atomic E-state index is 0.303. The van der Waals surface area contributed by atoms with E-state index in [-0.39, 0.29) is 0 Å². The van der Waals surface area contributed by atoms with Crippen molar-refractivity contribution in [2.45, 2.75) is 57.5 Å². The zero-order chi connectivity index (χ0) is 9.31. The average molecular weight is 182 g/mol. The van der Waals surface area contributed by atoms with E-state index in [1.165, 1.54) is 38.5 Å². The van der Waals surface area contributed by atoms with E-state index in [0.717, 1.165) is 18.0 Å². The first-order chi connectivity index (χ1) is 6.20. The molecule has 3 N–H and O–H groups in total. The molecule has 2 rings (SSSR count). The van der Waals surface area contributed by atoms with Gasteiger partial charge in [0.1, 0.15) is 0 Å². The Morgan fingerprint density at radius 2 is 2.23 bits per heavy atom. The van der Waals surface area contributed by atoms with Crippen LogP contribution >= 0.6 is 0 Å². The van der Waals surface area contributed by atoms with Crippen LogP contribution in [0.15, 0.2) is 0 Å². The lowest BCUT2D eigenvalue weighted by Crippen LogP contribution is -2.40. The summed E-state index contributed by atoms with van der Waals surface area (Å²) in [6.45, 7) is 3.06. The second-order valence-electron chi connectivity index (χ2n) is 5.18. The Morgan fingerprint density at radius 1 is 1.46 bits per heavy atom. The number of hydrogen-bond acceptors (Lipinski definition) is 2. The van der Waals surface area contributed by atoms with Gasteiger partial charge in [0.2, 0.25) is 0 Å². The summed E-state index contributed by atoms with van der Waals surface area (Å²) < 4.78 is 0. The predicted molar refractivity (Wildman–Crippen MR) is 55.6 cm³/mol. The molecule has 0 amide bonds. The van der Waals surface area contributed by atoms with Crippen molar-refractivity contribution in [2.24, 2.45) is 11.1 Å². The van der Waals surface area contributed by atoms with Gasteiger partial charge in [0.25, 0.3) is 0 Å². The van der Waals surface area contributed by atoms with Gasteiger partial charge in [0, 0.05) is 18.6 Å². The highest BCUT2D eigenvalue weighted by atomic mass is 14.9. The van der Waals surface area contributed by atoms with Gasteiger partial charge in [-0.2, -0.15) is 0 Å². The van der Waals surface area contributed by atoms with Crippen molar-refractivity contribution in [1.82, 2.24) is 5.32 Å². The van der Waals surface area contributed by atoms with Crippen LogP contribution in [0.5, 0.6) is 0 Å². The highest BCUT2D eigenvalue weighted by Crippen LogP contribution is 2.56. The normalized spacial score (nSPS) is 33.2. The van der Waals surface area contributed by atoms with Crippen molar-refractivity contribution in [2.75, 3.05) is 6.54 Å². The van der Waals surface area contributed by atoms with Gasteiger partial charge in [-0.1, -0.05) is 6.42 Å². The maximum Gasteiger partial charge on any atom is 0.0136 e. The quantitative estimate of drug-likeness (QED) is 0.696. The average Bonchev–Trinajstić information content (AvgIpc) is 2.82. The van der Waals surface area contributed by atoms with Crippen LogP contribution in [0.2, 0.25) is 0 Å². The summed E-state index contributed by atoms with van der Waals surface area (Å²) in [5, 5.41) is 3.59. The highest BCUT2D eigenvalue weighted by Gasteiger charge is 2.45. The number of hydrogen-bond donors (Lipinski definition) is 2. The first kappa shape index (κ1) is 9.47. The fourth-order valence-electron chi connectivity index (χ4n) is 2.61. The molecule has 0 aliphatic heterocycles. The van der Waals surface area contributed by atoms with Crippen LogP contribution in [-0.2, 0) is 0 Å². The first-order valence-electron chi connectivity index (χ1n) is 5.69. The molecule has 1 unspecified atom stereocenters. The van der Waals surface area contributed by atoms with Gasteiger partial charge in [-0.25, -0.2) is 0 Å². The largest absolute Gasteiger partial charge is 0.327 e. The standard InChI is InChI=1S/C11H22N2/c1-9(12)8-13-10-3-2-4-11(7-10)5-6-11/h9-10,13H,2-8,12H2,1H3/t9-,10?/m0/s1. The van der Waals surface area contributed by atoms with Crippen molar-refractivity contribution >= 4 is 0 Å². The lowest BCUT2D eigenvalue weighted by Gasteiger charge is -2.30. The highest BCUT2D eigenvalue weighted by molar-refractivity contribution is 4.98. The molecule has 2 aliphatic carbocycles. The van der Waals surface area contributed by atoms with E-state index in [1.807, 2.05) is 0 Å². The van der Waals surface area contributed by atoms with E-state index in [4.69, 9.17) is 5.73 Å². The van der Waals surface area contributed by atoms with Crippen LogP contribution in [0.3, 0.4) is 0 Å². The van der Waals surface area contributed by atoms with Gasteiger partial charge in [0.15, 0.2) is 0 Å². The second kappa shape index (κ2) is 3.58. The Balaban J connectivity index is 1.73. The molecule has 0 aromatic rings. The zero-order valence-electron chi connectivity index (χ0n) is 8.68. The van der Waals surface area contributed by atoms with Gasteiger partial charge in [0.05, 0.1) is 0 Å². The molecule has 76 valence electrons. The summed E-state index contributed by atoms with van der Waals surface area (Å²) in [7, 11) is 0. The Morgan fingerprint density at radius 3 is 2.85 bits per heavy atom. The fourth-order valence-corrected chi connectivity index (χ4v) is 2.61. The zero-order valence-corrected chi connectivity index (χ0v) is 8.68. The van der Waals surface area contributed by atoms with Crippen molar-refractivity contribution < 1.29 is 0 Å². The summed E-state index contributed by atoms with van der Waals surface area (Å²) in [6, 6.07) is 1.07. The van der Waals surface area contributed by atoms with E-state index >= 15 is 0 Å². The smallest absolute Gasteiger partial charge is 0.0136 e. The van der Waals surface area contributed by atoms with Gasteiger partial charge < -0.3 is 11.1 Å². The van der Waals surface area contributed by atoms with Crippen molar-refractivity contribution in [3.63, 3.8) is 0 Å². The van der Waals surface area contributed by atoms with E-state index in [1.54, 1.807) is 0 Å². The molecule has 2 atom stereocenters. The molecule has 0 bridgehead atoms. The summed E-state index contributed by atoms with van der Waals surface area (Å²) in [4.78, 5) is 0. The monoisotopic (exact) mass is 182 g/mol. The summed E-state index contributed by atoms with van der Waals surface area (Å²) >= 11 is 0. The van der Waals surface area contributed by atoms with Crippen LogP contribution in [0, 0.1) is 5.41 Å². The van der Waals surface area contributed by atoms with E-state index in [0.29, 0.717) is 6.04 Å². The summed E-state index contributed by atoms with van der Waals surface area (Å²) in [5.74, 6) is 0. The van der Waals surface area contributed by atoms with E-state index < -0.39 is 0 Å². The van der Waals surface area contributed by atoms with Crippen LogP contribution in [0.25, 0.3) is 0 Å². The van der Waals surface area contributed by atoms with E-state index in [9.17, 15) is 0 Å². The minimum Gasteiger partial charge on any atom is -0.327 e. The number of rotatable bonds is 3. The van der Waals surface area contributed by atoms with Gasteiger partial charge in [-0.05, 0) is 44.4 Å². The topological polar surface area (TPSA) is 38.0 Å². The lowest BCUT2D eigenvalue weighted by atomic mass is 9.83. The summed E-state index contributed by atoms with van der Waals surface area (Å²) in [5.41, 5.74) is 6.52. The second-order valence-corrected chi connectivity index (χ2v) is 5.18. The molecule has 2 fully saturated rings. The Bertz CT molecular complexity index is 173. The van der Waals surface area contributed by atoms with Crippen LogP contribution in [0.4, 0.5) is 0 Å². The van der Waals surface area contributed by atoms with Crippen molar-refractivity contribution in [3.8, 4) is 0 Å². The predicted octanol–water partition coefficient (Wildman–Crippen LogP) is 1.65. The van der Waals surface area contributed by atoms with Crippen LogP contribution in [-0.4, -0.2) is 18.6 Å². The minimum atomic E-state index is 0.303. The van der Waals surface area contributed by atoms with Crippen molar-refractivity contribution in [1.29, 1.82) is 0 Å². The third-order valence-electron chi connectivity index (χ3n) is 3.62. The van der Waals surface area contributed by atoms with Gasteiger partial charge in [-0.15, -0.1) is 0 Å². The lowest BCUT2D eigenvalue weighted by molar-refractivity contribution is 0.265. The molecular weight excluding hydrogens is 160 g/mol. The third-order valence-corrected chi connectivity index (χ3v) is 3.62. The number of nitrogens with two attached hydrogens (primary N) is 1. The SMILES string of the molecule is C[C@H](N)CNC1CCCC2(CC2)C1. The van der Waals surface area contributed by atoms with E-state index in [2.05, 4.69) is 12.2 Å².